The van der Waals surface area contributed by atoms with Gasteiger partial charge in [-0.3, -0.25) is 4.79 Å². The molecule has 17 heavy (non-hydrogen) atoms. The average Bonchev–Trinajstić information content (AvgIpc) is 2.61. The fraction of sp³-hybridized carbons (Fsp3) is 0.214. The molecule has 3 nitrogen and oxygen atoms in total. The number of benzene rings is 2. The zero-order valence-electron chi connectivity index (χ0n) is 9.95. The number of nitrogens with one attached hydrogen (secondary N) is 1. The van der Waals surface area contributed by atoms with E-state index in [0.717, 1.165) is 23.2 Å². The van der Waals surface area contributed by atoms with E-state index in [0.29, 0.717) is 0 Å². The van der Waals surface area contributed by atoms with Gasteiger partial charge in [0.05, 0.1) is 0 Å². The number of anilines is 1. The highest BCUT2D eigenvalue weighted by molar-refractivity contribution is 6.24. The zero-order valence-corrected chi connectivity index (χ0v) is 9.95. The Kier molecular flexibility index (Phi) is 2.16. The van der Waals surface area contributed by atoms with E-state index in [1.807, 2.05) is 32.3 Å². The predicted octanol–water partition coefficient (Wildman–Crippen LogP) is 2.47. The summed E-state index contributed by atoms with van der Waals surface area (Å²) < 4.78 is 0. The van der Waals surface area contributed by atoms with E-state index in [1.54, 1.807) is 0 Å². The molecule has 3 heteroatoms. The fourth-order valence-electron chi connectivity index (χ4n) is 2.43. The first kappa shape index (κ1) is 10.3. The molecule has 0 atom stereocenters. The summed E-state index contributed by atoms with van der Waals surface area (Å²) >= 11 is 0. The number of amides is 1. The minimum Gasteiger partial charge on any atom is -0.321 e. The molecule has 0 radical (unpaired) electrons. The molecule has 0 fully saturated rings. The molecule has 1 aliphatic rings. The maximum absolute atomic E-state index is 11.8. The smallest absolute Gasteiger partial charge is 0.256 e. The normalized spacial score (nSPS) is 13.5. The van der Waals surface area contributed by atoms with Crippen LogP contribution in [0, 0.1) is 0 Å². The second-order valence-corrected chi connectivity index (χ2v) is 4.69. The van der Waals surface area contributed by atoms with E-state index in [1.165, 1.54) is 10.9 Å². The highest BCUT2D eigenvalue weighted by Crippen LogP contribution is 2.35. The van der Waals surface area contributed by atoms with Crippen LogP contribution < -0.4 is 5.32 Å². The summed E-state index contributed by atoms with van der Waals surface area (Å²) in [6.45, 7) is 0.883. The Morgan fingerprint density at radius 2 is 2.00 bits per heavy atom. The number of rotatable bonds is 2. The summed E-state index contributed by atoms with van der Waals surface area (Å²) in [5, 5.41) is 5.14. The average molecular weight is 226 g/mol. The van der Waals surface area contributed by atoms with Crippen molar-refractivity contribution in [2.24, 2.45) is 0 Å². The van der Waals surface area contributed by atoms with Crippen LogP contribution in [-0.2, 0) is 6.54 Å². The van der Waals surface area contributed by atoms with Crippen LogP contribution in [0.25, 0.3) is 10.8 Å². The summed E-state index contributed by atoms with van der Waals surface area (Å²) in [6.07, 6.45) is 0. The molecule has 1 N–H and O–H groups in total. The molecular weight excluding hydrogens is 212 g/mol. The molecule has 1 amide bonds. The summed E-state index contributed by atoms with van der Waals surface area (Å²) in [5.74, 6) is 0.00704. The molecule has 86 valence electrons. The van der Waals surface area contributed by atoms with Gasteiger partial charge in [0, 0.05) is 23.2 Å². The summed E-state index contributed by atoms with van der Waals surface area (Å²) in [6, 6.07) is 10.0. The third kappa shape index (κ3) is 1.51. The van der Waals surface area contributed by atoms with Crippen molar-refractivity contribution in [3.8, 4) is 0 Å². The zero-order chi connectivity index (χ0) is 12.0. The van der Waals surface area contributed by atoms with Crippen molar-refractivity contribution in [3.05, 3.63) is 41.5 Å². The van der Waals surface area contributed by atoms with Gasteiger partial charge in [-0.25, -0.2) is 0 Å². The molecule has 2 aromatic carbocycles. The van der Waals surface area contributed by atoms with Gasteiger partial charge < -0.3 is 10.2 Å². The lowest BCUT2D eigenvalue weighted by molar-refractivity contribution is 0.103. The quantitative estimate of drug-likeness (QED) is 0.853. The largest absolute Gasteiger partial charge is 0.321 e. The molecule has 0 bridgehead atoms. The van der Waals surface area contributed by atoms with Crippen LogP contribution in [0.5, 0.6) is 0 Å². The third-order valence-corrected chi connectivity index (χ3v) is 3.11. The molecule has 0 saturated carbocycles. The van der Waals surface area contributed by atoms with Gasteiger partial charge in [0.25, 0.3) is 5.91 Å². The van der Waals surface area contributed by atoms with Crippen LogP contribution in [0.1, 0.15) is 15.9 Å². The van der Waals surface area contributed by atoms with Gasteiger partial charge >= 0.3 is 0 Å². The van der Waals surface area contributed by atoms with Crippen molar-refractivity contribution in [2.75, 3.05) is 19.4 Å². The lowest BCUT2D eigenvalue weighted by atomic mass is 10.0. The second-order valence-electron chi connectivity index (χ2n) is 4.69. The van der Waals surface area contributed by atoms with Crippen molar-refractivity contribution in [1.82, 2.24) is 4.90 Å². The van der Waals surface area contributed by atoms with Crippen molar-refractivity contribution >= 4 is 22.4 Å². The predicted molar refractivity (Wildman–Crippen MR) is 69.3 cm³/mol. The highest BCUT2D eigenvalue weighted by atomic mass is 16.1. The van der Waals surface area contributed by atoms with Gasteiger partial charge in [0.1, 0.15) is 0 Å². The van der Waals surface area contributed by atoms with Crippen molar-refractivity contribution in [2.45, 2.75) is 6.54 Å². The van der Waals surface area contributed by atoms with Crippen molar-refractivity contribution < 1.29 is 4.79 Å². The Balaban J connectivity index is 2.29. The number of carbonyl (C=O) groups excluding carboxylic acids is 1. The lowest BCUT2D eigenvalue weighted by Gasteiger charge is -2.12. The molecule has 1 heterocycles. The summed E-state index contributed by atoms with van der Waals surface area (Å²) in [7, 11) is 4.10. The Labute approximate surface area is 100 Å². The molecule has 0 aromatic heterocycles. The van der Waals surface area contributed by atoms with Crippen LogP contribution in [0.2, 0.25) is 0 Å². The molecule has 0 spiro atoms. The van der Waals surface area contributed by atoms with E-state index in [9.17, 15) is 4.79 Å². The Morgan fingerprint density at radius 3 is 2.76 bits per heavy atom. The van der Waals surface area contributed by atoms with Gasteiger partial charge in [0.2, 0.25) is 0 Å². The number of hydrogen-bond donors (Lipinski definition) is 1. The monoisotopic (exact) mass is 226 g/mol. The fourth-order valence-corrected chi connectivity index (χ4v) is 2.43. The van der Waals surface area contributed by atoms with Crippen LogP contribution in [0.15, 0.2) is 30.3 Å². The molecule has 3 rings (SSSR count). The van der Waals surface area contributed by atoms with Gasteiger partial charge in [-0.05, 0) is 37.2 Å². The highest BCUT2D eigenvalue weighted by Gasteiger charge is 2.21. The van der Waals surface area contributed by atoms with Gasteiger partial charge in [-0.2, -0.15) is 0 Å². The first-order chi connectivity index (χ1) is 8.16. The number of carbonyl (C=O) groups is 1. The van der Waals surface area contributed by atoms with E-state index < -0.39 is 0 Å². The molecular formula is C14H14N2O. The lowest BCUT2D eigenvalue weighted by Crippen LogP contribution is -2.10. The van der Waals surface area contributed by atoms with Gasteiger partial charge in [0.15, 0.2) is 0 Å². The topological polar surface area (TPSA) is 32.3 Å². The van der Waals surface area contributed by atoms with Crippen LogP contribution in [0.3, 0.4) is 0 Å². The summed E-state index contributed by atoms with van der Waals surface area (Å²) in [5.41, 5.74) is 2.98. The second kappa shape index (κ2) is 3.57. The molecule has 1 aliphatic heterocycles. The maximum atomic E-state index is 11.8. The molecule has 0 saturated heterocycles. The number of nitrogens with zero attached hydrogens (tertiary/aromatic N) is 1. The van der Waals surface area contributed by atoms with E-state index in [-0.39, 0.29) is 5.91 Å². The summed E-state index contributed by atoms with van der Waals surface area (Å²) in [4.78, 5) is 13.9. The van der Waals surface area contributed by atoms with Crippen LogP contribution >= 0.6 is 0 Å². The first-order valence-corrected chi connectivity index (χ1v) is 5.67. The minimum absolute atomic E-state index is 0.00704. The first-order valence-electron chi connectivity index (χ1n) is 5.67. The van der Waals surface area contributed by atoms with E-state index in [4.69, 9.17) is 0 Å². The Bertz CT molecular complexity index is 617. The van der Waals surface area contributed by atoms with E-state index in [2.05, 4.69) is 22.3 Å². The third-order valence-electron chi connectivity index (χ3n) is 3.11. The van der Waals surface area contributed by atoms with Crippen molar-refractivity contribution in [1.29, 1.82) is 0 Å². The molecule has 0 unspecified atom stereocenters. The van der Waals surface area contributed by atoms with E-state index >= 15 is 0 Å². The van der Waals surface area contributed by atoms with Gasteiger partial charge in [-0.15, -0.1) is 0 Å². The Hall–Kier alpha value is -1.87. The molecule has 0 aliphatic carbocycles. The van der Waals surface area contributed by atoms with Crippen LogP contribution in [-0.4, -0.2) is 24.9 Å². The minimum atomic E-state index is 0.00704. The van der Waals surface area contributed by atoms with Gasteiger partial charge in [-0.1, -0.05) is 18.2 Å². The SMILES string of the molecule is CN(C)Cc1ccc2c3c(cccc13)C(=O)N2. The van der Waals surface area contributed by atoms with Crippen molar-refractivity contribution in [3.63, 3.8) is 0 Å². The Morgan fingerprint density at radius 1 is 1.18 bits per heavy atom. The maximum Gasteiger partial charge on any atom is 0.256 e. The van der Waals surface area contributed by atoms with Crippen LogP contribution in [0.4, 0.5) is 5.69 Å². The standard InChI is InChI=1S/C14H14N2O/c1-16(2)8-9-6-7-12-13-10(9)4-3-5-11(13)14(17)15-12/h3-7H,8H2,1-2H3,(H,15,17). The number of hydrogen-bond acceptors (Lipinski definition) is 2. The molecule has 2 aromatic rings.